The summed E-state index contributed by atoms with van der Waals surface area (Å²) in [7, 11) is 0. The number of rotatable bonds is 0. The van der Waals surface area contributed by atoms with Crippen LogP contribution in [0.2, 0.25) is 0 Å². The summed E-state index contributed by atoms with van der Waals surface area (Å²) in [5.41, 5.74) is 0.970. The van der Waals surface area contributed by atoms with Crippen LogP contribution in [0.15, 0.2) is 10.7 Å². The Kier molecular flexibility index (Phi) is 2.00. The van der Waals surface area contributed by atoms with Gasteiger partial charge in [-0.05, 0) is 25.2 Å². The largest absolute Gasteiger partial charge is 0.361 e. The zero-order valence-corrected chi connectivity index (χ0v) is 9.82. The van der Waals surface area contributed by atoms with Crippen LogP contribution in [0.5, 0.6) is 0 Å². The molecule has 0 aliphatic heterocycles. The Morgan fingerprint density at radius 3 is 3.19 bits per heavy atom. The Labute approximate surface area is 95.2 Å². The van der Waals surface area contributed by atoms with Crippen LogP contribution in [0.4, 0.5) is 0 Å². The minimum atomic E-state index is -0.170. The van der Waals surface area contributed by atoms with Gasteiger partial charge in [0.1, 0.15) is 11.5 Å². The molecule has 1 heterocycles. The molecule has 3 rings (SSSR count). The van der Waals surface area contributed by atoms with Crippen LogP contribution in [-0.2, 0) is 11.2 Å². The van der Waals surface area contributed by atoms with Gasteiger partial charge >= 0.3 is 0 Å². The molecule has 0 N–H and O–H groups in total. The lowest BCUT2D eigenvalue weighted by Gasteiger charge is -2.45. The van der Waals surface area contributed by atoms with Crippen LogP contribution in [0.25, 0.3) is 0 Å². The second-order valence-corrected chi connectivity index (χ2v) is 5.52. The number of Topliss-reactive ketones (excluding diaryl/α,β-unsaturated/α-hetero) is 1. The molecule has 0 unspecified atom stereocenters. The van der Waals surface area contributed by atoms with E-state index in [0.717, 1.165) is 37.0 Å². The Hall–Kier alpha value is -1.12. The molecule has 2 aliphatic rings. The van der Waals surface area contributed by atoms with Gasteiger partial charge in [0.2, 0.25) is 0 Å². The molecule has 3 heteroatoms. The monoisotopic (exact) mass is 219 g/mol. The average Bonchev–Trinajstić information content (AvgIpc) is 2.69. The summed E-state index contributed by atoms with van der Waals surface area (Å²) in [6.07, 6.45) is 5.53. The third-order valence-electron chi connectivity index (χ3n) is 4.63. The smallest absolute Gasteiger partial charge is 0.143 e. The van der Waals surface area contributed by atoms with Gasteiger partial charge in [0, 0.05) is 23.3 Å². The van der Waals surface area contributed by atoms with Crippen LogP contribution in [0.3, 0.4) is 0 Å². The lowest BCUT2D eigenvalue weighted by molar-refractivity contribution is -0.135. The van der Waals surface area contributed by atoms with Gasteiger partial charge in [-0.25, -0.2) is 0 Å². The zero-order valence-electron chi connectivity index (χ0n) is 9.82. The molecule has 1 aromatic rings. The van der Waals surface area contributed by atoms with Gasteiger partial charge in [-0.3, -0.25) is 4.79 Å². The Morgan fingerprint density at radius 2 is 2.38 bits per heavy atom. The molecule has 0 spiro atoms. The summed E-state index contributed by atoms with van der Waals surface area (Å²) in [5.74, 6) is 2.22. The van der Waals surface area contributed by atoms with Gasteiger partial charge in [0.25, 0.3) is 0 Å². The molecule has 3 nitrogen and oxygen atoms in total. The minimum absolute atomic E-state index is 0.170. The number of aromatic nitrogens is 1. The number of fused-ring (bicyclic) bond motifs is 2. The van der Waals surface area contributed by atoms with Crippen molar-refractivity contribution in [3.8, 4) is 0 Å². The topological polar surface area (TPSA) is 43.1 Å². The first-order valence-electron chi connectivity index (χ1n) is 6.09. The van der Waals surface area contributed by atoms with Gasteiger partial charge in [0.15, 0.2) is 0 Å². The third-order valence-corrected chi connectivity index (χ3v) is 4.63. The van der Waals surface area contributed by atoms with E-state index < -0.39 is 0 Å². The van der Waals surface area contributed by atoms with Crippen LogP contribution < -0.4 is 0 Å². The maximum absolute atomic E-state index is 12.2. The molecule has 3 atom stereocenters. The summed E-state index contributed by atoms with van der Waals surface area (Å²) in [4.78, 5) is 12.2. The fraction of sp³-hybridized carbons (Fsp3) is 0.692. The first-order chi connectivity index (χ1) is 7.63. The highest BCUT2D eigenvalue weighted by atomic mass is 16.5. The summed E-state index contributed by atoms with van der Waals surface area (Å²) in [6, 6.07) is 0. The Bertz CT molecular complexity index is 437. The second-order valence-electron chi connectivity index (χ2n) is 5.52. The predicted octanol–water partition coefficient (Wildman–Crippen LogP) is 2.71. The molecule has 0 saturated heterocycles. The Balaban J connectivity index is 2.09. The van der Waals surface area contributed by atoms with Gasteiger partial charge in [-0.2, -0.15) is 0 Å². The maximum Gasteiger partial charge on any atom is 0.143 e. The molecule has 0 radical (unpaired) electrons. The number of ketones is 1. The van der Waals surface area contributed by atoms with Gasteiger partial charge in [0.05, 0.1) is 6.20 Å². The second kappa shape index (κ2) is 3.19. The molecule has 16 heavy (non-hydrogen) atoms. The highest BCUT2D eigenvalue weighted by molar-refractivity contribution is 5.86. The van der Waals surface area contributed by atoms with Gasteiger partial charge < -0.3 is 4.52 Å². The molecular formula is C13H17NO2. The van der Waals surface area contributed by atoms with Crippen LogP contribution in [-0.4, -0.2) is 10.9 Å². The van der Waals surface area contributed by atoms with E-state index in [1.54, 1.807) is 6.20 Å². The van der Waals surface area contributed by atoms with Crippen molar-refractivity contribution in [2.24, 2.45) is 11.3 Å². The molecule has 1 fully saturated rings. The van der Waals surface area contributed by atoms with Crippen molar-refractivity contribution in [1.29, 1.82) is 0 Å². The van der Waals surface area contributed by atoms with E-state index in [2.05, 4.69) is 19.0 Å². The fourth-order valence-corrected chi connectivity index (χ4v) is 3.68. The summed E-state index contributed by atoms with van der Waals surface area (Å²) >= 11 is 0. The van der Waals surface area contributed by atoms with E-state index in [9.17, 15) is 4.79 Å². The lowest BCUT2D eigenvalue weighted by Crippen LogP contribution is -2.46. The molecular weight excluding hydrogens is 202 g/mol. The molecule has 0 aromatic carbocycles. The molecule has 2 aliphatic carbocycles. The highest BCUT2D eigenvalue weighted by Crippen LogP contribution is 2.52. The molecule has 1 saturated carbocycles. The number of carbonyl (C=O) groups excluding carboxylic acids is 1. The first-order valence-corrected chi connectivity index (χ1v) is 6.09. The van der Waals surface area contributed by atoms with Crippen LogP contribution in [0.1, 0.15) is 50.4 Å². The molecule has 0 bridgehead atoms. The SMILES string of the molecule is C[C@H]1c2oncc2C[C@@]2(C)C(=O)CCC[C@H]12. The van der Waals surface area contributed by atoms with Crippen molar-refractivity contribution in [3.63, 3.8) is 0 Å². The van der Waals surface area contributed by atoms with Gasteiger partial charge in [-0.15, -0.1) is 0 Å². The van der Waals surface area contributed by atoms with E-state index in [1.807, 2.05) is 0 Å². The average molecular weight is 219 g/mol. The van der Waals surface area contributed by atoms with E-state index in [1.165, 1.54) is 0 Å². The molecule has 1 aromatic heterocycles. The maximum atomic E-state index is 12.2. The van der Waals surface area contributed by atoms with E-state index in [-0.39, 0.29) is 5.41 Å². The van der Waals surface area contributed by atoms with E-state index >= 15 is 0 Å². The van der Waals surface area contributed by atoms with Crippen LogP contribution in [0, 0.1) is 11.3 Å². The van der Waals surface area contributed by atoms with Crippen molar-refractivity contribution < 1.29 is 9.32 Å². The molecule has 86 valence electrons. The summed E-state index contributed by atoms with van der Waals surface area (Å²) < 4.78 is 5.34. The standard InChI is InChI=1S/C13H17NO2/c1-8-10-4-3-5-11(15)13(10,2)6-9-7-14-16-12(8)9/h7-8,10H,3-6H2,1-2H3/t8-,10-,13-/m1/s1. The van der Waals surface area contributed by atoms with Crippen LogP contribution >= 0.6 is 0 Å². The minimum Gasteiger partial charge on any atom is -0.361 e. The van der Waals surface area contributed by atoms with Crippen molar-refractivity contribution in [3.05, 3.63) is 17.5 Å². The normalized spacial score (nSPS) is 38.0. The van der Waals surface area contributed by atoms with Crippen molar-refractivity contribution >= 4 is 5.78 Å². The summed E-state index contributed by atoms with van der Waals surface area (Å²) in [5, 5.41) is 3.88. The third kappa shape index (κ3) is 1.14. The first kappa shape index (κ1) is 10.1. The molecule has 0 amide bonds. The fourth-order valence-electron chi connectivity index (χ4n) is 3.68. The van der Waals surface area contributed by atoms with E-state index in [0.29, 0.717) is 17.6 Å². The number of nitrogens with zero attached hydrogens (tertiary/aromatic N) is 1. The summed E-state index contributed by atoms with van der Waals surface area (Å²) in [6.45, 7) is 4.30. The van der Waals surface area contributed by atoms with Crippen molar-refractivity contribution in [1.82, 2.24) is 5.16 Å². The highest BCUT2D eigenvalue weighted by Gasteiger charge is 2.50. The lowest BCUT2D eigenvalue weighted by atomic mass is 9.56. The van der Waals surface area contributed by atoms with E-state index in [4.69, 9.17) is 4.52 Å². The number of carbonyl (C=O) groups is 1. The predicted molar refractivity (Wildman–Crippen MR) is 59.1 cm³/mol. The van der Waals surface area contributed by atoms with Crippen molar-refractivity contribution in [2.45, 2.75) is 45.4 Å². The number of hydrogen-bond acceptors (Lipinski definition) is 3. The zero-order chi connectivity index (χ0) is 11.3. The van der Waals surface area contributed by atoms with Crippen molar-refractivity contribution in [2.75, 3.05) is 0 Å². The number of hydrogen-bond donors (Lipinski definition) is 0. The Morgan fingerprint density at radius 1 is 1.56 bits per heavy atom. The quantitative estimate of drug-likeness (QED) is 0.673. The van der Waals surface area contributed by atoms with Gasteiger partial charge in [-0.1, -0.05) is 19.0 Å².